The van der Waals surface area contributed by atoms with Crippen molar-refractivity contribution in [2.24, 2.45) is 0 Å². The molecule has 0 saturated heterocycles. The first-order chi connectivity index (χ1) is 14.5. The van der Waals surface area contributed by atoms with Crippen LogP contribution in [0.1, 0.15) is 5.56 Å². The van der Waals surface area contributed by atoms with Crippen LogP contribution in [0.2, 0.25) is 0 Å². The maximum atomic E-state index is 13.2. The zero-order valence-corrected chi connectivity index (χ0v) is 16.7. The standard InChI is InChI=1S/C18H13F3N4O5S/c1-9-7-11(30-18(19,20)21)4-6-14(9)31(27,28)17-15-22-16(26)12-5-3-10(29-2)8-13(12)25(15)24-23-17/h3-8,24H,1-2H3. The summed E-state index contributed by atoms with van der Waals surface area (Å²) in [5.41, 5.74) is -0.663. The molecule has 0 bridgehead atoms. The molecule has 0 spiro atoms. The van der Waals surface area contributed by atoms with Crippen molar-refractivity contribution in [3.05, 3.63) is 52.3 Å². The van der Waals surface area contributed by atoms with Crippen molar-refractivity contribution in [1.82, 2.24) is 19.8 Å². The summed E-state index contributed by atoms with van der Waals surface area (Å²) in [6, 6.07) is 7.33. The fourth-order valence-electron chi connectivity index (χ4n) is 3.12. The fourth-order valence-corrected chi connectivity index (χ4v) is 4.60. The van der Waals surface area contributed by atoms with Gasteiger partial charge in [0.15, 0.2) is 5.65 Å². The lowest BCUT2D eigenvalue weighted by Crippen LogP contribution is -2.17. The number of hydrogen-bond donors (Lipinski definition) is 1. The van der Waals surface area contributed by atoms with Crippen LogP contribution < -0.4 is 15.0 Å². The number of fused-ring (bicyclic) bond motifs is 3. The van der Waals surface area contributed by atoms with Crippen molar-refractivity contribution < 1.29 is 31.1 Å². The van der Waals surface area contributed by atoms with E-state index in [9.17, 15) is 26.4 Å². The number of halogens is 3. The zero-order chi connectivity index (χ0) is 22.6. The Morgan fingerprint density at radius 2 is 1.81 bits per heavy atom. The van der Waals surface area contributed by atoms with Crippen LogP contribution >= 0.6 is 0 Å². The Bertz CT molecular complexity index is 1490. The molecule has 0 saturated carbocycles. The van der Waals surface area contributed by atoms with E-state index in [2.05, 4.69) is 20.0 Å². The van der Waals surface area contributed by atoms with Crippen LogP contribution in [0.4, 0.5) is 13.2 Å². The molecule has 0 aliphatic rings. The van der Waals surface area contributed by atoms with Crippen molar-refractivity contribution in [3.8, 4) is 11.5 Å². The number of benzene rings is 2. The number of hydrogen-bond acceptors (Lipinski definition) is 7. The van der Waals surface area contributed by atoms with E-state index in [0.29, 0.717) is 5.75 Å². The topological polar surface area (TPSA) is 116 Å². The zero-order valence-electron chi connectivity index (χ0n) is 15.9. The Labute approximate surface area is 171 Å². The molecule has 0 amide bonds. The van der Waals surface area contributed by atoms with Gasteiger partial charge in [0.2, 0.25) is 14.9 Å². The summed E-state index contributed by atoms with van der Waals surface area (Å²) in [6.07, 6.45) is -4.92. The number of nitrogens with zero attached hydrogens (tertiary/aromatic N) is 3. The molecule has 1 N–H and O–H groups in total. The lowest BCUT2D eigenvalue weighted by atomic mass is 10.2. The minimum Gasteiger partial charge on any atom is -0.497 e. The number of ether oxygens (including phenoxy) is 2. The van der Waals surface area contributed by atoms with E-state index in [0.717, 1.165) is 18.2 Å². The molecule has 0 unspecified atom stereocenters. The highest BCUT2D eigenvalue weighted by atomic mass is 32.2. The summed E-state index contributed by atoms with van der Waals surface area (Å²) in [5, 5.41) is 5.96. The number of aromatic amines is 1. The van der Waals surface area contributed by atoms with Gasteiger partial charge in [-0.1, -0.05) is 0 Å². The van der Waals surface area contributed by atoms with Gasteiger partial charge in [-0.2, -0.15) is 4.98 Å². The van der Waals surface area contributed by atoms with Crippen molar-refractivity contribution in [2.75, 3.05) is 7.11 Å². The molecular formula is C18H13F3N4O5S. The first-order valence-electron chi connectivity index (χ1n) is 8.57. The lowest BCUT2D eigenvalue weighted by molar-refractivity contribution is -0.274. The Morgan fingerprint density at radius 1 is 1.10 bits per heavy atom. The second-order valence-electron chi connectivity index (χ2n) is 6.45. The number of aryl methyl sites for hydroxylation is 1. The number of sulfone groups is 1. The lowest BCUT2D eigenvalue weighted by Gasteiger charge is -2.11. The molecule has 0 radical (unpaired) electrons. The highest BCUT2D eigenvalue weighted by molar-refractivity contribution is 7.91. The average molecular weight is 454 g/mol. The molecule has 0 aliphatic carbocycles. The molecule has 162 valence electrons. The third kappa shape index (κ3) is 3.56. The number of aromatic nitrogens is 4. The number of rotatable bonds is 4. The number of H-pyrrole nitrogens is 1. The number of nitrogens with one attached hydrogen (secondary N) is 1. The quantitative estimate of drug-likeness (QED) is 0.504. The van der Waals surface area contributed by atoms with Crippen LogP contribution in [0.5, 0.6) is 11.5 Å². The van der Waals surface area contributed by atoms with Gasteiger partial charge in [-0.25, -0.2) is 18.1 Å². The molecule has 4 rings (SSSR count). The molecule has 0 aliphatic heterocycles. The first-order valence-corrected chi connectivity index (χ1v) is 10.1. The van der Waals surface area contributed by atoms with Gasteiger partial charge in [-0.05, 0) is 42.8 Å². The summed E-state index contributed by atoms with van der Waals surface area (Å²) in [5.74, 6) is -0.148. The highest BCUT2D eigenvalue weighted by Crippen LogP contribution is 2.30. The minimum atomic E-state index is -4.92. The highest BCUT2D eigenvalue weighted by Gasteiger charge is 2.32. The van der Waals surface area contributed by atoms with Crippen LogP contribution in [0, 0.1) is 6.92 Å². The van der Waals surface area contributed by atoms with Gasteiger partial charge in [0, 0.05) is 6.07 Å². The molecule has 2 aromatic heterocycles. The Kier molecular flexibility index (Phi) is 4.65. The SMILES string of the molecule is COc1ccc2c(=O)nc3c(S(=O)(=O)c4ccc(OC(F)(F)F)cc4C)n[nH]n3c2c1. The van der Waals surface area contributed by atoms with Gasteiger partial charge in [0.05, 0.1) is 22.9 Å². The third-order valence-corrected chi connectivity index (χ3v) is 6.28. The Balaban J connectivity index is 1.89. The summed E-state index contributed by atoms with van der Waals surface area (Å²) in [7, 11) is -2.92. The summed E-state index contributed by atoms with van der Waals surface area (Å²) < 4.78 is 73.8. The molecule has 4 aromatic rings. The molecule has 2 heterocycles. The van der Waals surface area contributed by atoms with E-state index in [-0.39, 0.29) is 27.0 Å². The summed E-state index contributed by atoms with van der Waals surface area (Å²) in [4.78, 5) is 15.9. The van der Waals surface area contributed by atoms with E-state index < -0.39 is 32.5 Å². The second-order valence-corrected chi connectivity index (χ2v) is 8.29. The van der Waals surface area contributed by atoms with E-state index in [1.54, 1.807) is 6.07 Å². The van der Waals surface area contributed by atoms with Gasteiger partial charge >= 0.3 is 6.36 Å². The van der Waals surface area contributed by atoms with Crippen LogP contribution in [0.15, 0.2) is 51.1 Å². The maximum absolute atomic E-state index is 13.2. The van der Waals surface area contributed by atoms with Crippen molar-refractivity contribution >= 4 is 26.4 Å². The molecule has 0 fully saturated rings. The van der Waals surface area contributed by atoms with E-state index in [4.69, 9.17) is 4.74 Å². The Hall–Kier alpha value is -3.61. The predicted octanol–water partition coefficient (Wildman–Crippen LogP) is 2.62. The largest absolute Gasteiger partial charge is 0.573 e. The average Bonchev–Trinajstić information content (AvgIpc) is 3.11. The summed E-state index contributed by atoms with van der Waals surface area (Å²) in [6.45, 7) is 1.31. The van der Waals surface area contributed by atoms with E-state index in [1.807, 2.05) is 0 Å². The van der Waals surface area contributed by atoms with Crippen molar-refractivity contribution in [2.45, 2.75) is 23.2 Å². The number of methoxy groups -OCH3 is 1. The van der Waals surface area contributed by atoms with Gasteiger partial charge in [-0.3, -0.25) is 4.79 Å². The normalized spacial score (nSPS) is 12.4. The monoisotopic (exact) mass is 454 g/mol. The van der Waals surface area contributed by atoms with E-state index >= 15 is 0 Å². The van der Waals surface area contributed by atoms with Crippen LogP contribution in [0.25, 0.3) is 16.6 Å². The summed E-state index contributed by atoms with van der Waals surface area (Å²) >= 11 is 0. The minimum absolute atomic E-state index is 0.00675. The predicted molar refractivity (Wildman–Crippen MR) is 101 cm³/mol. The molecular weight excluding hydrogens is 441 g/mol. The third-order valence-electron chi connectivity index (χ3n) is 4.46. The van der Waals surface area contributed by atoms with Crippen molar-refractivity contribution in [1.29, 1.82) is 0 Å². The van der Waals surface area contributed by atoms with Gasteiger partial charge in [-0.15, -0.1) is 18.3 Å². The van der Waals surface area contributed by atoms with Crippen molar-refractivity contribution in [3.63, 3.8) is 0 Å². The molecule has 9 nitrogen and oxygen atoms in total. The van der Waals surface area contributed by atoms with Gasteiger partial charge < -0.3 is 9.47 Å². The van der Waals surface area contributed by atoms with E-state index in [1.165, 1.54) is 30.7 Å². The molecule has 0 atom stereocenters. The van der Waals surface area contributed by atoms with Gasteiger partial charge in [0.1, 0.15) is 11.5 Å². The van der Waals surface area contributed by atoms with Crippen LogP contribution in [-0.4, -0.2) is 41.7 Å². The smallest absolute Gasteiger partial charge is 0.497 e. The maximum Gasteiger partial charge on any atom is 0.573 e. The fraction of sp³-hybridized carbons (Fsp3) is 0.167. The first kappa shape index (κ1) is 20.7. The number of alkyl halides is 3. The molecule has 13 heteroatoms. The van der Waals surface area contributed by atoms with Crippen LogP contribution in [-0.2, 0) is 9.84 Å². The molecule has 2 aromatic carbocycles. The Morgan fingerprint density at radius 3 is 2.45 bits per heavy atom. The second kappa shape index (κ2) is 6.97. The van der Waals surface area contributed by atoms with Gasteiger partial charge in [0.25, 0.3) is 5.56 Å². The molecule has 31 heavy (non-hydrogen) atoms. The van der Waals surface area contributed by atoms with Crippen LogP contribution in [0.3, 0.4) is 0 Å².